The van der Waals surface area contributed by atoms with Gasteiger partial charge in [0.1, 0.15) is 11.5 Å². The first kappa shape index (κ1) is 11.5. The second kappa shape index (κ2) is 4.28. The Labute approximate surface area is 108 Å². The number of carbonyl (C=O) groups is 1. The van der Waals surface area contributed by atoms with Crippen LogP contribution in [0.25, 0.3) is 11.1 Å². The molecule has 4 nitrogen and oxygen atoms in total. The molecule has 1 N–H and O–H groups in total. The molecule has 0 atom stereocenters. The maximum Gasteiger partial charge on any atom is 0.272 e. The highest BCUT2D eigenvalue weighted by atomic mass is 19.1. The van der Waals surface area contributed by atoms with Crippen molar-refractivity contribution in [2.24, 2.45) is 7.05 Å². The van der Waals surface area contributed by atoms with Crippen LogP contribution in [0.1, 0.15) is 10.5 Å². The van der Waals surface area contributed by atoms with Crippen LogP contribution in [0.15, 0.2) is 47.1 Å². The van der Waals surface area contributed by atoms with Crippen molar-refractivity contribution in [2.45, 2.75) is 0 Å². The van der Waals surface area contributed by atoms with Gasteiger partial charge in [-0.05, 0) is 12.1 Å². The second-order valence-electron chi connectivity index (χ2n) is 4.19. The van der Waals surface area contributed by atoms with Crippen molar-refractivity contribution in [3.05, 3.63) is 54.2 Å². The topological polar surface area (TPSA) is 47.2 Å². The Hall–Kier alpha value is -2.56. The fourth-order valence-corrected chi connectivity index (χ4v) is 2.02. The molecule has 0 aliphatic carbocycles. The molecule has 96 valence electrons. The Morgan fingerprint density at radius 1 is 1.32 bits per heavy atom. The summed E-state index contributed by atoms with van der Waals surface area (Å²) in [4.78, 5) is 12.1. The molecule has 5 heteroatoms. The third-order valence-corrected chi connectivity index (χ3v) is 3.02. The number of furan rings is 1. The Balaban J connectivity index is 1.94. The highest BCUT2D eigenvalue weighted by Gasteiger charge is 2.16. The number of aromatic nitrogens is 1. The Bertz CT molecular complexity index is 758. The van der Waals surface area contributed by atoms with E-state index in [4.69, 9.17) is 4.42 Å². The molecule has 3 aromatic rings. The molecule has 1 aromatic carbocycles. The minimum Gasteiger partial charge on any atom is -0.463 e. The minimum atomic E-state index is -0.464. The second-order valence-corrected chi connectivity index (χ2v) is 4.19. The van der Waals surface area contributed by atoms with Crippen LogP contribution in [-0.2, 0) is 7.05 Å². The summed E-state index contributed by atoms with van der Waals surface area (Å²) in [5, 5.41) is 2.54. The van der Waals surface area contributed by atoms with E-state index in [0.29, 0.717) is 11.3 Å². The zero-order valence-electron chi connectivity index (χ0n) is 10.2. The van der Waals surface area contributed by atoms with Crippen molar-refractivity contribution in [2.75, 3.05) is 5.32 Å². The van der Waals surface area contributed by atoms with Gasteiger partial charge < -0.3 is 14.3 Å². The fraction of sp³-hybridized carbons (Fsp3) is 0.0714. The number of para-hydroxylation sites is 1. The number of aryl methyl sites for hydroxylation is 1. The van der Waals surface area contributed by atoms with Crippen molar-refractivity contribution in [3.63, 3.8) is 0 Å². The Kier molecular flexibility index (Phi) is 2.59. The van der Waals surface area contributed by atoms with Crippen LogP contribution in [0.5, 0.6) is 0 Å². The van der Waals surface area contributed by atoms with Crippen molar-refractivity contribution < 1.29 is 13.6 Å². The van der Waals surface area contributed by atoms with Gasteiger partial charge in [-0.2, -0.15) is 0 Å². The molecular weight excluding hydrogens is 247 g/mol. The van der Waals surface area contributed by atoms with Gasteiger partial charge in [0.2, 0.25) is 0 Å². The summed E-state index contributed by atoms with van der Waals surface area (Å²) in [7, 11) is 1.76. The van der Waals surface area contributed by atoms with E-state index < -0.39 is 5.82 Å². The zero-order chi connectivity index (χ0) is 13.4. The number of benzene rings is 1. The van der Waals surface area contributed by atoms with E-state index in [2.05, 4.69) is 5.32 Å². The largest absolute Gasteiger partial charge is 0.463 e. The number of amides is 1. The monoisotopic (exact) mass is 258 g/mol. The quantitative estimate of drug-likeness (QED) is 0.767. The molecule has 0 saturated carbocycles. The first-order chi connectivity index (χ1) is 9.16. The number of fused-ring (bicyclic) bond motifs is 1. The highest BCUT2D eigenvalue weighted by Crippen LogP contribution is 2.21. The fourth-order valence-electron chi connectivity index (χ4n) is 2.02. The summed E-state index contributed by atoms with van der Waals surface area (Å²) in [6.45, 7) is 0. The molecule has 0 spiro atoms. The summed E-state index contributed by atoms with van der Waals surface area (Å²) in [6, 6.07) is 9.45. The van der Waals surface area contributed by atoms with E-state index in [-0.39, 0.29) is 11.6 Å². The number of nitrogens with zero attached hydrogens (tertiary/aromatic N) is 1. The summed E-state index contributed by atoms with van der Waals surface area (Å²) in [5.74, 6) is -0.840. The first-order valence-corrected chi connectivity index (χ1v) is 5.75. The molecule has 2 heterocycles. The first-order valence-electron chi connectivity index (χ1n) is 5.75. The predicted octanol–water partition coefficient (Wildman–Crippen LogP) is 3.16. The lowest BCUT2D eigenvalue weighted by atomic mass is 10.3. The van der Waals surface area contributed by atoms with Gasteiger partial charge in [0.15, 0.2) is 5.58 Å². The molecule has 0 aliphatic heterocycles. The summed E-state index contributed by atoms with van der Waals surface area (Å²) in [5.41, 5.74) is 2.02. The van der Waals surface area contributed by atoms with E-state index in [1.54, 1.807) is 42.1 Å². The van der Waals surface area contributed by atoms with Gasteiger partial charge in [0, 0.05) is 19.2 Å². The molecule has 0 radical (unpaired) electrons. The van der Waals surface area contributed by atoms with E-state index in [0.717, 1.165) is 5.52 Å². The lowest BCUT2D eigenvalue weighted by Crippen LogP contribution is -2.16. The van der Waals surface area contributed by atoms with Gasteiger partial charge in [-0.1, -0.05) is 12.1 Å². The number of halogens is 1. The molecule has 2 aromatic heterocycles. The summed E-state index contributed by atoms with van der Waals surface area (Å²) in [6.07, 6.45) is 1.56. The van der Waals surface area contributed by atoms with Gasteiger partial charge in [-0.15, -0.1) is 0 Å². The molecule has 0 fully saturated rings. The standard InChI is InChI=1S/C14H11FN2O2/c1-17-11-6-7-19-13(11)8-12(17)14(18)16-10-5-3-2-4-9(10)15/h2-8H,1H3,(H,16,18). The molecular formula is C14H11FN2O2. The van der Waals surface area contributed by atoms with E-state index in [1.165, 1.54) is 12.1 Å². The van der Waals surface area contributed by atoms with Crippen molar-refractivity contribution in [1.29, 1.82) is 0 Å². The molecule has 0 saturated heterocycles. The van der Waals surface area contributed by atoms with Crippen molar-refractivity contribution >= 4 is 22.7 Å². The Morgan fingerprint density at radius 2 is 2.11 bits per heavy atom. The number of nitrogens with one attached hydrogen (secondary N) is 1. The highest BCUT2D eigenvalue weighted by molar-refractivity contribution is 6.05. The molecule has 0 unspecified atom stereocenters. The normalized spacial score (nSPS) is 10.8. The van der Waals surface area contributed by atoms with Crippen LogP contribution in [0, 0.1) is 5.82 Å². The number of carbonyl (C=O) groups excluding carboxylic acids is 1. The van der Waals surface area contributed by atoms with Crippen LogP contribution >= 0.6 is 0 Å². The third kappa shape index (κ3) is 1.89. The number of rotatable bonds is 2. The van der Waals surface area contributed by atoms with Crippen LogP contribution in [0.4, 0.5) is 10.1 Å². The van der Waals surface area contributed by atoms with E-state index in [9.17, 15) is 9.18 Å². The minimum absolute atomic E-state index is 0.158. The lowest BCUT2D eigenvalue weighted by molar-refractivity contribution is 0.101. The number of hydrogen-bond acceptors (Lipinski definition) is 2. The van der Waals surface area contributed by atoms with Gasteiger partial charge in [0.25, 0.3) is 5.91 Å². The Morgan fingerprint density at radius 3 is 2.84 bits per heavy atom. The average molecular weight is 258 g/mol. The maximum atomic E-state index is 13.5. The van der Waals surface area contributed by atoms with Gasteiger partial charge in [-0.25, -0.2) is 4.39 Å². The number of hydrogen-bond donors (Lipinski definition) is 1. The molecule has 19 heavy (non-hydrogen) atoms. The molecule has 1 amide bonds. The van der Waals surface area contributed by atoms with Crippen LogP contribution in [0.3, 0.4) is 0 Å². The van der Waals surface area contributed by atoms with E-state index >= 15 is 0 Å². The van der Waals surface area contributed by atoms with Crippen LogP contribution < -0.4 is 5.32 Å². The van der Waals surface area contributed by atoms with Gasteiger partial charge >= 0.3 is 0 Å². The van der Waals surface area contributed by atoms with Crippen molar-refractivity contribution in [1.82, 2.24) is 4.57 Å². The maximum absolute atomic E-state index is 13.5. The predicted molar refractivity (Wildman–Crippen MR) is 69.5 cm³/mol. The zero-order valence-corrected chi connectivity index (χ0v) is 10.2. The average Bonchev–Trinajstić information content (AvgIpc) is 2.96. The summed E-state index contributed by atoms with van der Waals surface area (Å²) >= 11 is 0. The smallest absolute Gasteiger partial charge is 0.272 e. The van der Waals surface area contributed by atoms with Gasteiger partial charge in [-0.3, -0.25) is 4.79 Å². The SMILES string of the molecule is Cn1c(C(=O)Nc2ccccc2F)cc2occc21. The van der Waals surface area contributed by atoms with Crippen LogP contribution in [0.2, 0.25) is 0 Å². The van der Waals surface area contributed by atoms with E-state index in [1.807, 2.05) is 0 Å². The lowest BCUT2D eigenvalue weighted by Gasteiger charge is -2.06. The van der Waals surface area contributed by atoms with Crippen LogP contribution in [-0.4, -0.2) is 10.5 Å². The van der Waals surface area contributed by atoms with Gasteiger partial charge in [0.05, 0.1) is 17.5 Å². The molecule has 3 rings (SSSR count). The molecule has 0 aliphatic rings. The third-order valence-electron chi connectivity index (χ3n) is 3.02. The van der Waals surface area contributed by atoms with Crippen molar-refractivity contribution in [3.8, 4) is 0 Å². The number of anilines is 1. The molecule has 0 bridgehead atoms. The summed E-state index contributed by atoms with van der Waals surface area (Å²) < 4.78 is 20.4.